The first-order chi connectivity index (χ1) is 16.4. The summed E-state index contributed by atoms with van der Waals surface area (Å²) in [5.74, 6) is -0.571. The van der Waals surface area contributed by atoms with Gasteiger partial charge in [-0.1, -0.05) is 82.8 Å². The molecule has 168 valence electrons. The first-order valence-corrected chi connectivity index (χ1v) is 11.7. The second-order valence-electron chi connectivity index (χ2n) is 7.57. The van der Waals surface area contributed by atoms with Crippen molar-refractivity contribution in [3.63, 3.8) is 0 Å². The Morgan fingerprint density at radius 2 is 0.853 bits per heavy atom. The van der Waals surface area contributed by atoms with Crippen molar-refractivity contribution in [2.75, 3.05) is 10.6 Å². The Morgan fingerprint density at radius 3 is 1.29 bits per heavy atom. The molecule has 5 rings (SSSR count). The first-order valence-electron chi connectivity index (χ1n) is 10.1. The fraction of sp³-hybridized carbons (Fsp3) is 0. The highest BCUT2D eigenvalue weighted by molar-refractivity contribution is 6.44. The van der Waals surface area contributed by atoms with Crippen molar-refractivity contribution in [3.05, 3.63) is 115 Å². The van der Waals surface area contributed by atoms with Crippen LogP contribution in [0.2, 0.25) is 20.1 Å². The zero-order valence-corrected chi connectivity index (χ0v) is 20.3. The molecule has 0 unspecified atom stereocenters. The van der Waals surface area contributed by atoms with Gasteiger partial charge in [-0.3, -0.25) is 9.59 Å². The van der Waals surface area contributed by atoms with Gasteiger partial charge in [0, 0.05) is 11.1 Å². The van der Waals surface area contributed by atoms with Crippen molar-refractivity contribution in [3.8, 4) is 0 Å². The van der Waals surface area contributed by atoms with Crippen LogP contribution in [0.5, 0.6) is 0 Å². The minimum absolute atomic E-state index is 0.252. The molecule has 0 radical (unpaired) electrons. The SMILES string of the molecule is O=C1c2cccc(Nc3cccc(Cl)c3Cl)c2C(=O)c2c(Nc3cccc(Cl)c3Cl)cccc21. The average molecular weight is 528 g/mol. The summed E-state index contributed by atoms with van der Waals surface area (Å²) in [6.07, 6.45) is 0. The Balaban J connectivity index is 1.63. The van der Waals surface area contributed by atoms with Crippen molar-refractivity contribution in [2.24, 2.45) is 0 Å². The molecule has 0 spiro atoms. The van der Waals surface area contributed by atoms with E-state index in [1.807, 2.05) is 0 Å². The highest BCUT2D eigenvalue weighted by atomic mass is 35.5. The molecule has 4 nitrogen and oxygen atoms in total. The van der Waals surface area contributed by atoms with E-state index in [4.69, 9.17) is 46.4 Å². The van der Waals surface area contributed by atoms with Gasteiger partial charge in [-0.25, -0.2) is 0 Å². The van der Waals surface area contributed by atoms with E-state index in [-0.39, 0.29) is 22.7 Å². The summed E-state index contributed by atoms with van der Waals surface area (Å²) in [6.45, 7) is 0. The van der Waals surface area contributed by atoms with Gasteiger partial charge in [-0.2, -0.15) is 0 Å². The second-order valence-corrected chi connectivity index (χ2v) is 9.14. The molecule has 0 atom stereocenters. The molecule has 1 aliphatic rings. The fourth-order valence-corrected chi connectivity index (χ4v) is 4.64. The van der Waals surface area contributed by atoms with Crippen molar-refractivity contribution in [1.29, 1.82) is 0 Å². The monoisotopic (exact) mass is 526 g/mol. The van der Waals surface area contributed by atoms with E-state index < -0.39 is 0 Å². The zero-order chi connectivity index (χ0) is 24.0. The Hall–Kier alpha value is -3.02. The van der Waals surface area contributed by atoms with Gasteiger partial charge in [-0.15, -0.1) is 0 Å². The maximum atomic E-state index is 13.8. The lowest BCUT2D eigenvalue weighted by molar-refractivity contribution is 0.0980. The molecule has 0 amide bonds. The van der Waals surface area contributed by atoms with Crippen LogP contribution < -0.4 is 10.6 Å². The maximum Gasteiger partial charge on any atom is 0.198 e. The molecule has 0 aromatic heterocycles. The molecule has 4 aromatic rings. The Kier molecular flexibility index (Phi) is 6.00. The molecule has 0 saturated carbocycles. The van der Waals surface area contributed by atoms with E-state index in [2.05, 4.69) is 10.6 Å². The van der Waals surface area contributed by atoms with Crippen molar-refractivity contribution in [1.82, 2.24) is 0 Å². The normalized spacial score (nSPS) is 12.2. The van der Waals surface area contributed by atoms with Crippen LogP contribution >= 0.6 is 46.4 Å². The van der Waals surface area contributed by atoms with Crippen molar-refractivity contribution >= 4 is 80.7 Å². The predicted molar refractivity (Wildman–Crippen MR) is 139 cm³/mol. The molecule has 2 N–H and O–H groups in total. The first kappa shape index (κ1) is 22.8. The van der Waals surface area contributed by atoms with Crippen LogP contribution in [0.25, 0.3) is 0 Å². The quantitative estimate of drug-likeness (QED) is 0.246. The summed E-state index contributed by atoms with van der Waals surface area (Å²) in [7, 11) is 0. The van der Waals surface area contributed by atoms with Crippen molar-refractivity contribution in [2.45, 2.75) is 0 Å². The summed E-state index contributed by atoms with van der Waals surface area (Å²) < 4.78 is 0. The maximum absolute atomic E-state index is 13.8. The fourth-order valence-electron chi connectivity index (χ4n) is 3.94. The van der Waals surface area contributed by atoms with E-state index in [0.717, 1.165) is 0 Å². The van der Waals surface area contributed by atoms with E-state index in [9.17, 15) is 9.59 Å². The molecule has 0 aliphatic heterocycles. The molecular weight excluding hydrogens is 514 g/mol. The van der Waals surface area contributed by atoms with Crippen LogP contribution in [0, 0.1) is 0 Å². The number of benzene rings is 4. The molecule has 1 aliphatic carbocycles. The Labute approximate surface area is 215 Å². The standard InChI is InChI=1S/C26H14Cl4N2O2/c27-15-7-3-11-19(23(15)29)31-17-9-1-5-13-21(17)26(34)22-14(25(13)33)6-2-10-18(22)32-20-12-4-8-16(28)24(20)30/h1-12,31-32H. The van der Waals surface area contributed by atoms with Gasteiger partial charge < -0.3 is 10.6 Å². The number of halogens is 4. The van der Waals surface area contributed by atoms with Crippen LogP contribution in [0.1, 0.15) is 31.8 Å². The van der Waals surface area contributed by atoms with Crippen LogP contribution in [-0.4, -0.2) is 11.6 Å². The Morgan fingerprint density at radius 1 is 0.471 bits per heavy atom. The molecule has 0 saturated heterocycles. The van der Waals surface area contributed by atoms with Crippen molar-refractivity contribution < 1.29 is 9.59 Å². The predicted octanol–water partition coefficient (Wildman–Crippen LogP) is 8.56. The van der Waals surface area contributed by atoms with Gasteiger partial charge >= 0.3 is 0 Å². The number of fused-ring (bicyclic) bond motifs is 2. The minimum atomic E-state index is -0.313. The van der Waals surface area contributed by atoms with Gasteiger partial charge in [0.15, 0.2) is 11.6 Å². The number of hydrogen-bond donors (Lipinski definition) is 2. The number of anilines is 4. The zero-order valence-electron chi connectivity index (χ0n) is 17.3. The van der Waals surface area contributed by atoms with Crippen LogP contribution in [-0.2, 0) is 0 Å². The highest BCUT2D eigenvalue weighted by Crippen LogP contribution is 2.40. The van der Waals surface area contributed by atoms with Crippen LogP contribution in [0.15, 0.2) is 72.8 Å². The summed E-state index contributed by atoms with van der Waals surface area (Å²) >= 11 is 25.0. The summed E-state index contributed by atoms with van der Waals surface area (Å²) in [5, 5.41) is 7.69. The van der Waals surface area contributed by atoms with Crippen LogP contribution in [0.4, 0.5) is 22.7 Å². The van der Waals surface area contributed by atoms with Gasteiger partial charge in [0.2, 0.25) is 0 Å². The van der Waals surface area contributed by atoms with E-state index >= 15 is 0 Å². The molecule has 0 heterocycles. The summed E-state index contributed by atoms with van der Waals surface area (Å²) in [4.78, 5) is 27.2. The molecule has 0 fully saturated rings. The lowest BCUT2D eigenvalue weighted by Gasteiger charge is -2.23. The number of rotatable bonds is 4. The third-order valence-electron chi connectivity index (χ3n) is 5.51. The largest absolute Gasteiger partial charge is 0.354 e. The van der Waals surface area contributed by atoms with E-state index in [1.165, 1.54) is 0 Å². The number of carbonyl (C=O) groups is 2. The molecular formula is C26H14Cl4N2O2. The third kappa shape index (κ3) is 3.83. The molecule has 34 heavy (non-hydrogen) atoms. The van der Waals surface area contributed by atoms with Gasteiger partial charge in [0.05, 0.1) is 54.0 Å². The molecule has 4 aromatic carbocycles. The Bertz CT molecular complexity index is 1390. The van der Waals surface area contributed by atoms with Gasteiger partial charge in [0.25, 0.3) is 0 Å². The summed E-state index contributed by atoms with van der Waals surface area (Å²) in [6, 6.07) is 20.4. The molecule has 0 bridgehead atoms. The van der Waals surface area contributed by atoms with Gasteiger partial charge in [0.1, 0.15) is 0 Å². The topological polar surface area (TPSA) is 58.2 Å². The van der Waals surface area contributed by atoms with E-state index in [1.54, 1.807) is 72.8 Å². The average Bonchev–Trinajstić information content (AvgIpc) is 2.83. The number of carbonyl (C=O) groups excluding carboxylic acids is 2. The summed E-state index contributed by atoms with van der Waals surface area (Å²) in [5.41, 5.74) is 3.04. The van der Waals surface area contributed by atoms with E-state index in [0.29, 0.717) is 54.0 Å². The highest BCUT2D eigenvalue weighted by Gasteiger charge is 2.34. The smallest absolute Gasteiger partial charge is 0.198 e. The minimum Gasteiger partial charge on any atom is -0.354 e. The van der Waals surface area contributed by atoms with Crippen LogP contribution in [0.3, 0.4) is 0 Å². The number of hydrogen-bond acceptors (Lipinski definition) is 4. The van der Waals surface area contributed by atoms with Gasteiger partial charge in [-0.05, 0) is 36.4 Å². The lowest BCUT2D eigenvalue weighted by atomic mass is 9.82. The second kappa shape index (κ2) is 8.97. The number of ketones is 2. The third-order valence-corrected chi connectivity index (χ3v) is 7.15. The molecule has 8 heteroatoms. The lowest BCUT2D eigenvalue weighted by Crippen LogP contribution is -2.23. The number of nitrogens with one attached hydrogen (secondary N) is 2.